The van der Waals surface area contributed by atoms with Gasteiger partial charge in [0, 0.05) is 42.3 Å². The maximum Gasteiger partial charge on any atom is 0.165 e. The molecule has 146 valence electrons. The molecule has 2 aliphatic rings. The van der Waals surface area contributed by atoms with E-state index in [9.17, 15) is 5.11 Å². The van der Waals surface area contributed by atoms with Gasteiger partial charge in [0.1, 0.15) is 0 Å². The number of rotatable bonds is 5. The Bertz CT molecular complexity index is 591. The molecular formula is C20H31ClN2O3. The molecule has 5 nitrogen and oxygen atoms in total. The second-order valence-corrected chi connectivity index (χ2v) is 7.85. The monoisotopic (exact) mass is 382 g/mol. The van der Waals surface area contributed by atoms with Gasteiger partial charge in [0.05, 0.1) is 20.3 Å². The number of aliphatic hydroxyl groups excluding tert-OH is 1. The van der Waals surface area contributed by atoms with Gasteiger partial charge in [0.15, 0.2) is 11.5 Å². The lowest BCUT2D eigenvalue weighted by atomic mass is 9.99. The number of aliphatic hydroxyl groups is 1. The fourth-order valence-corrected chi connectivity index (χ4v) is 4.58. The largest absolute Gasteiger partial charge is 0.493 e. The highest BCUT2D eigenvalue weighted by Crippen LogP contribution is 2.35. The zero-order valence-corrected chi connectivity index (χ0v) is 16.7. The Morgan fingerprint density at radius 3 is 2.42 bits per heavy atom. The van der Waals surface area contributed by atoms with Crippen molar-refractivity contribution >= 4 is 11.6 Å². The highest BCUT2D eigenvalue weighted by molar-refractivity contribution is 6.30. The van der Waals surface area contributed by atoms with Crippen LogP contribution in [-0.2, 0) is 6.54 Å². The van der Waals surface area contributed by atoms with E-state index in [1.165, 1.54) is 25.7 Å². The van der Waals surface area contributed by atoms with Gasteiger partial charge in [-0.2, -0.15) is 0 Å². The van der Waals surface area contributed by atoms with E-state index in [2.05, 4.69) is 9.80 Å². The number of likely N-dealkylation sites (tertiary alicyclic amines) is 2. The Morgan fingerprint density at radius 1 is 1.08 bits per heavy atom. The van der Waals surface area contributed by atoms with E-state index in [-0.39, 0.29) is 6.10 Å². The topological polar surface area (TPSA) is 45.2 Å². The van der Waals surface area contributed by atoms with Crippen LogP contribution in [0.2, 0.25) is 5.02 Å². The third-order valence-electron chi connectivity index (χ3n) is 5.65. The highest BCUT2D eigenvalue weighted by atomic mass is 35.5. The lowest BCUT2D eigenvalue weighted by molar-refractivity contribution is -0.0145. The standard InChI is InChI=1S/C20H31ClN2O3/c1-25-19-12-16(21)11-15(20(19)26-2)13-22-10-7-17(18(24)14-22)23-8-5-3-4-6-9-23/h11-12,17-18,24H,3-10,13-14H2,1-2H3/t17-,18-/m1/s1. The maximum absolute atomic E-state index is 10.8. The minimum atomic E-state index is -0.311. The summed E-state index contributed by atoms with van der Waals surface area (Å²) in [4.78, 5) is 4.80. The summed E-state index contributed by atoms with van der Waals surface area (Å²) < 4.78 is 10.9. The number of piperidine rings is 1. The van der Waals surface area contributed by atoms with Crippen molar-refractivity contribution in [2.75, 3.05) is 40.4 Å². The summed E-state index contributed by atoms with van der Waals surface area (Å²) in [6, 6.07) is 3.99. The smallest absolute Gasteiger partial charge is 0.165 e. The summed E-state index contributed by atoms with van der Waals surface area (Å²) in [5.74, 6) is 1.37. The second-order valence-electron chi connectivity index (χ2n) is 7.41. The van der Waals surface area contributed by atoms with Crippen LogP contribution in [-0.4, -0.2) is 67.5 Å². The predicted octanol–water partition coefficient (Wildman–Crippen LogP) is 3.17. The van der Waals surface area contributed by atoms with Crippen LogP contribution in [0.1, 0.15) is 37.7 Å². The van der Waals surface area contributed by atoms with Gasteiger partial charge in [0.25, 0.3) is 0 Å². The molecule has 0 aromatic heterocycles. The Morgan fingerprint density at radius 2 is 1.81 bits per heavy atom. The summed E-state index contributed by atoms with van der Waals surface area (Å²) in [6.07, 6.45) is 5.85. The molecule has 1 aromatic carbocycles. The van der Waals surface area contributed by atoms with E-state index in [1.807, 2.05) is 6.07 Å². The Hall–Kier alpha value is -1.01. The van der Waals surface area contributed by atoms with Gasteiger partial charge in [-0.1, -0.05) is 24.4 Å². The average molecular weight is 383 g/mol. The summed E-state index contributed by atoms with van der Waals surface area (Å²) in [7, 11) is 3.27. The van der Waals surface area contributed by atoms with Crippen LogP contribution in [0.4, 0.5) is 0 Å². The molecule has 2 aliphatic heterocycles. The minimum Gasteiger partial charge on any atom is -0.493 e. The molecule has 0 amide bonds. The predicted molar refractivity (Wildman–Crippen MR) is 104 cm³/mol. The SMILES string of the molecule is COc1cc(Cl)cc(CN2CC[C@@H](N3CCCCCC3)[C@H](O)C2)c1OC. The van der Waals surface area contributed by atoms with E-state index < -0.39 is 0 Å². The zero-order valence-electron chi connectivity index (χ0n) is 15.9. The molecule has 0 unspecified atom stereocenters. The fourth-order valence-electron chi connectivity index (χ4n) is 4.35. The van der Waals surface area contributed by atoms with E-state index in [0.717, 1.165) is 37.4 Å². The molecule has 2 fully saturated rings. The lowest BCUT2D eigenvalue weighted by Gasteiger charge is -2.41. The number of β-amino-alcohol motifs (C(OH)–C–C–N with tert-alkyl or cyclic N) is 1. The van der Waals surface area contributed by atoms with Crippen LogP contribution in [0.25, 0.3) is 0 Å². The molecular weight excluding hydrogens is 352 g/mol. The van der Waals surface area contributed by atoms with Gasteiger partial charge in [-0.25, -0.2) is 0 Å². The first kappa shape index (κ1) is 19.7. The number of methoxy groups -OCH3 is 2. The van der Waals surface area contributed by atoms with Crippen molar-refractivity contribution in [3.05, 3.63) is 22.7 Å². The third kappa shape index (κ3) is 4.63. The van der Waals surface area contributed by atoms with Crippen molar-refractivity contribution < 1.29 is 14.6 Å². The van der Waals surface area contributed by atoms with Crippen LogP contribution in [0.5, 0.6) is 11.5 Å². The summed E-state index contributed by atoms with van der Waals surface area (Å²) in [6.45, 7) is 4.60. The van der Waals surface area contributed by atoms with Gasteiger partial charge < -0.3 is 14.6 Å². The number of hydrogen-bond acceptors (Lipinski definition) is 5. The van der Waals surface area contributed by atoms with Gasteiger partial charge in [-0.3, -0.25) is 9.80 Å². The van der Waals surface area contributed by atoms with Gasteiger partial charge >= 0.3 is 0 Å². The van der Waals surface area contributed by atoms with Gasteiger partial charge in [-0.05, 0) is 38.4 Å². The molecule has 1 aromatic rings. The van der Waals surface area contributed by atoms with E-state index >= 15 is 0 Å². The Labute approximate surface area is 161 Å². The summed E-state index contributed by atoms with van der Waals surface area (Å²) in [5.41, 5.74) is 0.997. The number of ether oxygens (including phenoxy) is 2. The molecule has 0 radical (unpaired) electrons. The first-order valence-corrected chi connectivity index (χ1v) is 10.0. The maximum atomic E-state index is 10.8. The highest BCUT2D eigenvalue weighted by Gasteiger charge is 2.32. The summed E-state index contributed by atoms with van der Waals surface area (Å²) >= 11 is 6.23. The minimum absolute atomic E-state index is 0.292. The second kappa shape index (κ2) is 9.27. The van der Waals surface area contributed by atoms with Gasteiger partial charge in [-0.15, -0.1) is 0 Å². The van der Waals surface area contributed by atoms with Crippen molar-refractivity contribution in [2.24, 2.45) is 0 Å². The van der Waals surface area contributed by atoms with E-state index in [4.69, 9.17) is 21.1 Å². The first-order chi connectivity index (χ1) is 12.6. The fraction of sp³-hybridized carbons (Fsp3) is 0.700. The average Bonchev–Trinajstić information content (AvgIpc) is 2.90. The third-order valence-corrected chi connectivity index (χ3v) is 5.87. The number of halogens is 1. The molecule has 26 heavy (non-hydrogen) atoms. The zero-order chi connectivity index (χ0) is 18.5. The van der Waals surface area contributed by atoms with E-state index in [1.54, 1.807) is 20.3 Å². The van der Waals surface area contributed by atoms with Crippen molar-refractivity contribution in [2.45, 2.75) is 50.8 Å². The van der Waals surface area contributed by atoms with Crippen LogP contribution in [0.15, 0.2) is 12.1 Å². The molecule has 0 bridgehead atoms. The first-order valence-electron chi connectivity index (χ1n) is 9.67. The Balaban J connectivity index is 1.65. The molecule has 2 saturated heterocycles. The van der Waals surface area contributed by atoms with Crippen LogP contribution in [0, 0.1) is 0 Å². The Kier molecular flexibility index (Phi) is 7.04. The van der Waals surface area contributed by atoms with Crippen molar-refractivity contribution in [3.63, 3.8) is 0 Å². The molecule has 0 aliphatic carbocycles. The van der Waals surface area contributed by atoms with Crippen LogP contribution in [0.3, 0.4) is 0 Å². The summed E-state index contributed by atoms with van der Waals surface area (Å²) in [5, 5.41) is 11.4. The molecule has 6 heteroatoms. The van der Waals surface area contributed by atoms with E-state index in [0.29, 0.717) is 29.9 Å². The van der Waals surface area contributed by atoms with Crippen LogP contribution >= 0.6 is 11.6 Å². The lowest BCUT2D eigenvalue weighted by Crippen LogP contribution is -2.54. The molecule has 0 spiro atoms. The molecule has 1 N–H and O–H groups in total. The number of hydrogen-bond donors (Lipinski definition) is 1. The van der Waals surface area contributed by atoms with Gasteiger partial charge in [0.2, 0.25) is 0 Å². The van der Waals surface area contributed by atoms with Crippen molar-refractivity contribution in [3.8, 4) is 11.5 Å². The number of benzene rings is 1. The normalized spacial score (nSPS) is 25.7. The number of nitrogens with zero attached hydrogens (tertiary/aromatic N) is 2. The van der Waals surface area contributed by atoms with Crippen LogP contribution < -0.4 is 9.47 Å². The molecule has 0 saturated carbocycles. The quantitative estimate of drug-likeness (QED) is 0.847. The molecule has 3 rings (SSSR count). The molecule has 2 atom stereocenters. The van der Waals surface area contributed by atoms with Crippen molar-refractivity contribution in [1.29, 1.82) is 0 Å². The van der Waals surface area contributed by atoms with Crippen molar-refractivity contribution in [1.82, 2.24) is 9.80 Å². The molecule has 2 heterocycles.